The van der Waals surface area contributed by atoms with Crippen molar-refractivity contribution >= 4 is 68.9 Å². The van der Waals surface area contributed by atoms with Crippen molar-refractivity contribution in [2.24, 2.45) is 5.92 Å². The molecular weight excluding hydrogens is 581 g/mol. The summed E-state index contributed by atoms with van der Waals surface area (Å²) >= 11 is 7.33. The van der Waals surface area contributed by atoms with Gasteiger partial charge in [-0.05, 0) is 110 Å². The molecule has 1 atom stereocenters. The molecule has 3 aromatic rings. The van der Waals surface area contributed by atoms with E-state index in [1.807, 2.05) is 34.9 Å². The molecule has 210 valence electrons. The van der Waals surface area contributed by atoms with Gasteiger partial charge in [-0.3, -0.25) is 0 Å². The smallest absolute Gasteiger partial charge is 0.263 e. The minimum absolute atomic E-state index is 0.710. The Morgan fingerprint density at radius 2 is 1.85 bits per heavy atom. The van der Waals surface area contributed by atoms with Gasteiger partial charge in [-0.2, -0.15) is 4.57 Å². The van der Waals surface area contributed by atoms with Gasteiger partial charge in [0.15, 0.2) is 6.54 Å². The highest BCUT2D eigenvalue weighted by molar-refractivity contribution is 8.03. The molecule has 41 heavy (non-hydrogen) atoms. The molecule has 5 aliphatic rings. The molecule has 7 heteroatoms. The molecule has 0 saturated carbocycles. The summed E-state index contributed by atoms with van der Waals surface area (Å²) in [7, 11) is 1.77. The van der Waals surface area contributed by atoms with E-state index in [-0.39, 0.29) is 0 Å². The summed E-state index contributed by atoms with van der Waals surface area (Å²) in [4.78, 5) is 6.71. The number of thioether (sulfide) groups is 2. The molecule has 0 saturated heterocycles. The molecule has 3 aliphatic heterocycles. The minimum atomic E-state index is 0.710. The summed E-state index contributed by atoms with van der Waals surface area (Å²) in [6.07, 6.45) is 22.0. The molecule has 0 N–H and O–H groups in total. The van der Waals surface area contributed by atoms with E-state index in [0.717, 1.165) is 19.5 Å². The first-order valence-corrected chi connectivity index (χ1v) is 18.5. The third kappa shape index (κ3) is 4.67. The van der Waals surface area contributed by atoms with Crippen LogP contribution in [0.2, 0.25) is 0 Å². The first-order chi connectivity index (χ1) is 20.2. The Morgan fingerprint density at radius 1 is 0.976 bits per heavy atom. The fourth-order valence-electron chi connectivity index (χ4n) is 7.39. The lowest BCUT2D eigenvalue weighted by Gasteiger charge is -2.30. The number of aryl methyl sites for hydroxylation is 2. The van der Waals surface area contributed by atoms with Gasteiger partial charge in [0, 0.05) is 51.3 Å². The third-order valence-corrected chi connectivity index (χ3v) is 13.0. The van der Waals surface area contributed by atoms with Gasteiger partial charge in [0.05, 0.1) is 17.8 Å². The third-order valence-electron chi connectivity index (χ3n) is 9.27. The van der Waals surface area contributed by atoms with Crippen molar-refractivity contribution in [3.05, 3.63) is 80.4 Å². The van der Waals surface area contributed by atoms with Crippen molar-refractivity contribution in [1.29, 1.82) is 0 Å². The molecule has 0 spiro atoms. The van der Waals surface area contributed by atoms with Crippen LogP contribution < -0.4 is 9.47 Å². The van der Waals surface area contributed by atoms with E-state index in [4.69, 9.17) is 4.18 Å². The van der Waals surface area contributed by atoms with Gasteiger partial charge in [-0.25, -0.2) is 0 Å². The van der Waals surface area contributed by atoms with E-state index in [1.165, 1.54) is 114 Å². The Bertz CT molecular complexity index is 1690. The molecular formula is C34H35N2OS4+. The Labute approximate surface area is 260 Å². The molecule has 4 heterocycles. The average molecular weight is 616 g/mol. The van der Waals surface area contributed by atoms with Crippen LogP contribution in [0.3, 0.4) is 0 Å². The largest absolute Gasteiger partial charge is 0.335 e. The van der Waals surface area contributed by atoms with Gasteiger partial charge < -0.3 is 9.08 Å². The van der Waals surface area contributed by atoms with Crippen molar-refractivity contribution in [2.45, 2.75) is 72.6 Å². The molecule has 8 rings (SSSR count). The Kier molecular flexibility index (Phi) is 7.15. The van der Waals surface area contributed by atoms with Crippen LogP contribution in [0.1, 0.15) is 54.7 Å². The van der Waals surface area contributed by atoms with Crippen LogP contribution in [0.25, 0.3) is 16.3 Å². The summed E-state index contributed by atoms with van der Waals surface area (Å²) in [5.41, 5.74) is 10.5. The first-order valence-electron chi connectivity index (χ1n) is 14.9. The molecule has 2 aliphatic carbocycles. The van der Waals surface area contributed by atoms with E-state index < -0.39 is 0 Å². The maximum absolute atomic E-state index is 5.44. The monoisotopic (exact) mass is 615 g/mol. The number of nitrogens with zero attached hydrogens (tertiary/aromatic N) is 2. The van der Waals surface area contributed by atoms with Gasteiger partial charge in [0.1, 0.15) is 4.70 Å². The van der Waals surface area contributed by atoms with E-state index in [0.29, 0.717) is 5.92 Å². The Hall–Kier alpha value is -1.90. The topological polar surface area (TPSA) is 16.4 Å². The zero-order chi connectivity index (χ0) is 27.5. The zero-order valence-corrected chi connectivity index (χ0v) is 27.0. The first kappa shape index (κ1) is 26.7. The van der Waals surface area contributed by atoms with E-state index >= 15 is 0 Å². The highest BCUT2D eigenvalue weighted by Gasteiger charge is 2.33. The second-order valence-corrected chi connectivity index (χ2v) is 15.5. The molecule has 0 amide bonds. The number of anilines is 1. The van der Waals surface area contributed by atoms with Crippen molar-refractivity contribution < 1.29 is 8.75 Å². The maximum Gasteiger partial charge on any atom is 0.263 e. The molecule has 3 nitrogen and oxygen atoms in total. The van der Waals surface area contributed by atoms with Crippen LogP contribution in [-0.2, 0) is 23.6 Å². The normalized spacial score (nSPS) is 23.2. The number of rotatable bonds is 5. The van der Waals surface area contributed by atoms with E-state index in [1.54, 1.807) is 18.2 Å². The SMILES string of the molecule is COSc1ccc2c3c1CCCN3/C(=C/C1=CC3=C/C(=C/c4sc5ccc(SC)c6c5[n+]4CCC6)CCC3CC1)S2. The number of thiazole rings is 1. The molecule has 0 radical (unpaired) electrons. The molecule has 0 fully saturated rings. The van der Waals surface area contributed by atoms with Gasteiger partial charge in [-0.1, -0.05) is 35.3 Å². The number of hydrogen-bond donors (Lipinski definition) is 0. The van der Waals surface area contributed by atoms with Gasteiger partial charge in [0.2, 0.25) is 5.52 Å². The number of benzene rings is 2. The second kappa shape index (κ2) is 11.0. The fourth-order valence-corrected chi connectivity index (χ4v) is 11.0. The molecule has 1 aromatic heterocycles. The van der Waals surface area contributed by atoms with Crippen LogP contribution in [0, 0.1) is 5.92 Å². The Morgan fingerprint density at radius 3 is 2.76 bits per heavy atom. The van der Waals surface area contributed by atoms with Gasteiger partial charge >= 0.3 is 0 Å². The van der Waals surface area contributed by atoms with Crippen molar-refractivity contribution in [3.8, 4) is 0 Å². The summed E-state index contributed by atoms with van der Waals surface area (Å²) in [6, 6.07) is 9.23. The van der Waals surface area contributed by atoms with Crippen LogP contribution in [0.4, 0.5) is 5.69 Å². The van der Waals surface area contributed by atoms with E-state index in [2.05, 4.69) is 64.3 Å². The Balaban J connectivity index is 1.11. The van der Waals surface area contributed by atoms with Crippen molar-refractivity contribution in [1.82, 2.24) is 0 Å². The second-order valence-electron chi connectivity index (χ2n) is 11.6. The number of allylic oxidation sites excluding steroid dienone is 6. The highest BCUT2D eigenvalue weighted by atomic mass is 32.2. The zero-order valence-electron chi connectivity index (χ0n) is 23.7. The van der Waals surface area contributed by atoms with Crippen LogP contribution in [0.15, 0.2) is 78.9 Å². The molecule has 1 unspecified atom stereocenters. The highest BCUT2D eigenvalue weighted by Crippen LogP contribution is 2.53. The summed E-state index contributed by atoms with van der Waals surface area (Å²) in [5.74, 6) is 0.710. The predicted octanol–water partition coefficient (Wildman–Crippen LogP) is 9.35. The van der Waals surface area contributed by atoms with Crippen LogP contribution in [-0.4, -0.2) is 19.9 Å². The quantitative estimate of drug-likeness (QED) is 0.161. The van der Waals surface area contributed by atoms with Gasteiger partial charge in [-0.15, -0.1) is 11.8 Å². The standard InChI is InChI=1S/C34H35N2OS4/c1-37-41-28-12-14-30-34-26(28)6-4-16-36(34)32(40-30)20-22-8-10-23-9-7-21(17-24(23)18-22)19-31-35-15-3-5-25-27(38-2)11-13-29(39-31)33(25)35/h11-14,17-20,23H,3-10,15-16H2,1-2H3/q+1. The average Bonchev–Trinajstić information content (AvgIpc) is 3.54. The fraction of sp³-hybridized carbons (Fsp3) is 0.382. The maximum atomic E-state index is 5.44. The number of aromatic nitrogens is 1. The lowest BCUT2D eigenvalue weighted by Crippen LogP contribution is -2.38. The predicted molar refractivity (Wildman–Crippen MR) is 177 cm³/mol. The molecule has 2 aromatic carbocycles. The van der Waals surface area contributed by atoms with Crippen LogP contribution >= 0.6 is 46.9 Å². The van der Waals surface area contributed by atoms with Crippen molar-refractivity contribution in [2.75, 3.05) is 24.8 Å². The number of fused-ring (bicyclic) bond motifs is 1. The summed E-state index contributed by atoms with van der Waals surface area (Å²) in [5, 5.41) is 2.83. The van der Waals surface area contributed by atoms with Crippen LogP contribution in [0.5, 0.6) is 0 Å². The lowest BCUT2D eigenvalue weighted by atomic mass is 9.77. The minimum Gasteiger partial charge on any atom is -0.335 e. The summed E-state index contributed by atoms with van der Waals surface area (Å²) in [6.45, 7) is 2.26. The summed E-state index contributed by atoms with van der Waals surface area (Å²) < 4.78 is 9.49. The molecule has 0 bridgehead atoms. The van der Waals surface area contributed by atoms with E-state index in [9.17, 15) is 0 Å². The lowest BCUT2D eigenvalue weighted by molar-refractivity contribution is -0.672. The number of hydrogen-bond acceptors (Lipinski definition) is 6. The van der Waals surface area contributed by atoms with Gasteiger partial charge in [0.25, 0.3) is 5.01 Å². The van der Waals surface area contributed by atoms with Crippen molar-refractivity contribution in [3.63, 3.8) is 0 Å².